The van der Waals surface area contributed by atoms with E-state index in [-0.39, 0.29) is 69.3 Å². The van der Waals surface area contributed by atoms with Crippen molar-refractivity contribution < 1.29 is 73.3 Å². The molecule has 0 fully saturated rings. The summed E-state index contributed by atoms with van der Waals surface area (Å²) in [4.78, 5) is 90.7. The summed E-state index contributed by atoms with van der Waals surface area (Å²) >= 11 is 0. The van der Waals surface area contributed by atoms with Crippen LogP contribution in [-0.2, 0) is 19.4 Å². The van der Waals surface area contributed by atoms with E-state index >= 15 is 0 Å². The van der Waals surface area contributed by atoms with Crippen LogP contribution in [0, 0.1) is 89.2 Å². The number of fused-ring (bicyclic) bond motifs is 4. The summed E-state index contributed by atoms with van der Waals surface area (Å²) in [5.41, 5.74) is 16.5. The highest BCUT2D eigenvalue weighted by atomic mass is 19.4. The standard InChI is InChI=1S/C28H22F2N4O2.C27H17F5N4O.C27H20F2N4O.C27H22FN5O2/c1-16-8-10-19(11-9-16)32-28(36)22-13-18(14-31-17(22)2)20-6-4-12-34-26(24(15-35)33-27(20)34)21-5-3-7-23(29)25(21)30;1-15-7-9-17(10-8-15)35-26(37)20-12-16(13-33-24(20)27(30,31)32)18-5-3-11-36-22(14-34-25(18)36)19-4-2-6-21(28)23(19)29;1-16-8-10-19(11-9-16)32-27(34)22-13-18(14-30-17(22)2)20-6-4-12-33-24(15-31-26(20)33)21-5-3-7-23(28)25(21)29;1-16-5-7-21(8-6-16)31-27(35)23-11-18(13-30-17(23)2)22-4-3-9-33-25(24(15-34)32-26(22)33)19-10-20(28)14-29-12-19/h3-14,35H,15H2,1-2H3,(H,32,36);2-14H,1H3,(H,35,37);3-15H,1-2H3,(H,32,34);3-14,34H,15H2,1-2H3,(H,31,35). The van der Waals surface area contributed by atoms with Gasteiger partial charge in [-0.15, -0.1) is 0 Å². The number of carbonyl (C=O) groups is 4. The number of nitrogens with one attached hydrogen (secondary N) is 4. The number of halogens is 10. The van der Waals surface area contributed by atoms with Gasteiger partial charge in [-0.2, -0.15) is 13.2 Å². The van der Waals surface area contributed by atoms with Crippen molar-refractivity contribution in [2.75, 3.05) is 21.3 Å². The van der Waals surface area contributed by atoms with Crippen LogP contribution in [0.3, 0.4) is 0 Å². The lowest BCUT2D eigenvalue weighted by Gasteiger charge is -2.14. The highest BCUT2D eigenvalue weighted by Crippen LogP contribution is 2.40. The number of carbonyl (C=O) groups excluding carboxylic acids is 4. The first-order chi connectivity index (χ1) is 68.4. The Hall–Kier alpha value is -17.9. The minimum atomic E-state index is -4.88. The normalized spacial score (nSPS) is 11.2. The SMILES string of the molecule is Cc1ccc(NC(=O)c2cc(-c3cccn4c(-c5cccc(F)c5F)c(CO)nc34)cnc2C)cc1.Cc1ccc(NC(=O)c2cc(-c3cccn4c(-c5cccc(F)c5F)cnc34)cnc2C(F)(F)F)cc1.Cc1ccc(NC(=O)c2cc(-c3cccn4c(-c5cccc(F)c5F)cnc34)cnc2C)cc1.Cc1ccc(NC(=O)c2cc(-c3cccn4c(-c5cncc(F)c5)c(CO)nc34)cnc2C)cc1. The molecule has 0 atom stereocenters. The van der Waals surface area contributed by atoms with Gasteiger partial charge in [0.1, 0.15) is 28.4 Å². The number of aryl methyl sites for hydroxylation is 7. The maximum atomic E-state index is 14.7. The van der Waals surface area contributed by atoms with Gasteiger partial charge in [-0.3, -0.25) is 61.7 Å². The lowest BCUT2D eigenvalue weighted by atomic mass is 10.0. The molecule has 13 heterocycles. The Morgan fingerprint density at radius 1 is 0.310 bits per heavy atom. The van der Waals surface area contributed by atoms with Gasteiger partial charge in [0, 0.05) is 145 Å². The van der Waals surface area contributed by atoms with Gasteiger partial charge in [-0.1, -0.05) is 89.0 Å². The Labute approximate surface area is 803 Å². The first kappa shape index (κ1) is 95.9. The molecular formula is C109H81F10N17O6. The number of hydrogen-bond acceptors (Lipinski definition) is 15. The zero-order chi connectivity index (χ0) is 100. The molecule has 0 spiro atoms. The van der Waals surface area contributed by atoms with Crippen molar-refractivity contribution in [2.24, 2.45) is 0 Å². The van der Waals surface area contributed by atoms with Crippen molar-refractivity contribution in [2.45, 2.75) is 67.9 Å². The Balaban J connectivity index is 0.000000130. The number of aliphatic hydroxyl groups is 2. The van der Waals surface area contributed by atoms with Crippen LogP contribution in [0.1, 0.15) is 97.8 Å². The van der Waals surface area contributed by atoms with E-state index < -0.39 is 70.7 Å². The van der Waals surface area contributed by atoms with Crippen LogP contribution in [-0.4, -0.2) is 96.3 Å². The average molecular weight is 1910 g/mol. The molecule has 23 nitrogen and oxygen atoms in total. The Bertz CT molecular complexity index is 8280. The molecule has 13 aromatic heterocycles. The lowest BCUT2D eigenvalue weighted by molar-refractivity contribution is -0.141. The number of alkyl halides is 3. The number of aliphatic hydroxyl groups excluding tert-OH is 2. The summed E-state index contributed by atoms with van der Waals surface area (Å²) in [6.07, 6.45) is 13.3. The molecule has 0 aliphatic heterocycles. The second-order valence-electron chi connectivity index (χ2n) is 33.0. The van der Waals surface area contributed by atoms with E-state index in [2.05, 4.69) is 66.1 Å². The van der Waals surface area contributed by atoms with Crippen LogP contribution in [0.2, 0.25) is 0 Å². The van der Waals surface area contributed by atoms with Gasteiger partial charge in [0.25, 0.3) is 23.6 Å². The van der Waals surface area contributed by atoms with Gasteiger partial charge >= 0.3 is 6.18 Å². The Morgan fingerprint density at radius 2 is 0.620 bits per heavy atom. The van der Waals surface area contributed by atoms with E-state index in [0.717, 1.165) is 64.5 Å². The van der Waals surface area contributed by atoms with Crippen LogP contribution < -0.4 is 21.3 Å². The Morgan fingerprint density at radius 3 is 0.979 bits per heavy atom. The minimum absolute atomic E-state index is 0.0103. The number of nitrogens with zero attached hydrogens (tertiary/aromatic N) is 13. The molecule has 0 radical (unpaired) electrons. The van der Waals surface area contributed by atoms with Crippen molar-refractivity contribution in [1.82, 2.24) is 62.5 Å². The van der Waals surface area contributed by atoms with Crippen molar-refractivity contribution in [3.63, 3.8) is 0 Å². The summed E-state index contributed by atoms with van der Waals surface area (Å²) in [5, 5.41) is 31.1. The van der Waals surface area contributed by atoms with Crippen LogP contribution in [0.5, 0.6) is 0 Å². The van der Waals surface area contributed by atoms with E-state index in [0.29, 0.717) is 129 Å². The second-order valence-corrected chi connectivity index (χ2v) is 33.0. The number of anilines is 4. The minimum Gasteiger partial charge on any atom is -0.390 e. The number of imidazole rings is 4. The first-order valence-electron chi connectivity index (χ1n) is 44.0. The predicted octanol–water partition coefficient (Wildman–Crippen LogP) is 23.8. The molecule has 0 unspecified atom stereocenters. The van der Waals surface area contributed by atoms with E-state index in [9.17, 15) is 73.3 Å². The maximum Gasteiger partial charge on any atom is 0.434 e. The molecule has 0 bridgehead atoms. The molecule has 20 aromatic rings. The molecule has 142 heavy (non-hydrogen) atoms. The first-order valence-corrected chi connectivity index (χ1v) is 44.0. The van der Waals surface area contributed by atoms with Crippen molar-refractivity contribution in [3.05, 3.63) is 424 Å². The van der Waals surface area contributed by atoms with Crippen LogP contribution in [0.4, 0.5) is 66.7 Å². The van der Waals surface area contributed by atoms with Crippen LogP contribution >= 0.6 is 0 Å². The summed E-state index contributed by atoms with van der Waals surface area (Å²) in [7, 11) is 0. The van der Waals surface area contributed by atoms with Crippen LogP contribution in [0.15, 0.2) is 305 Å². The molecule has 6 N–H and O–H groups in total. The fourth-order valence-corrected chi connectivity index (χ4v) is 16.1. The number of pyridine rings is 9. The largest absolute Gasteiger partial charge is 0.434 e. The number of aromatic nitrogens is 13. The number of hydrogen-bond donors (Lipinski definition) is 6. The summed E-state index contributed by atoms with van der Waals surface area (Å²) < 4.78 is 147. The summed E-state index contributed by atoms with van der Waals surface area (Å²) in [6, 6.07) is 62.6. The lowest BCUT2D eigenvalue weighted by Crippen LogP contribution is -2.20. The molecular weight excluding hydrogens is 1830 g/mol. The molecule has 4 amide bonds. The number of benzene rings is 7. The molecule has 0 saturated carbocycles. The van der Waals surface area contributed by atoms with E-state index in [1.807, 2.05) is 119 Å². The predicted molar refractivity (Wildman–Crippen MR) is 521 cm³/mol. The van der Waals surface area contributed by atoms with Gasteiger partial charge in [0.2, 0.25) is 0 Å². The zero-order valence-corrected chi connectivity index (χ0v) is 76.4. The molecule has 0 saturated heterocycles. The summed E-state index contributed by atoms with van der Waals surface area (Å²) in [6.45, 7) is 12.3. The maximum absolute atomic E-state index is 14.7. The van der Waals surface area contributed by atoms with E-state index in [1.54, 1.807) is 150 Å². The monoisotopic (exact) mass is 1910 g/mol. The Kier molecular flexibility index (Phi) is 27.6. The van der Waals surface area contributed by atoms with Crippen molar-refractivity contribution in [1.29, 1.82) is 0 Å². The molecule has 708 valence electrons. The third kappa shape index (κ3) is 20.2. The molecule has 33 heteroatoms. The fraction of sp³-hybridized carbons (Fsp3) is 0.0917. The summed E-state index contributed by atoms with van der Waals surface area (Å²) in [5.74, 6) is -8.25. The average Bonchev–Trinajstić information content (AvgIpc) is 1.59. The van der Waals surface area contributed by atoms with Gasteiger partial charge in [-0.25, -0.2) is 50.7 Å². The van der Waals surface area contributed by atoms with E-state index in [4.69, 9.17) is 0 Å². The highest BCUT2D eigenvalue weighted by Gasteiger charge is 2.38. The van der Waals surface area contributed by atoms with Gasteiger partial charge in [0.15, 0.2) is 40.6 Å². The number of rotatable bonds is 18. The topological polar surface area (TPSA) is 291 Å². The van der Waals surface area contributed by atoms with Crippen LogP contribution in [0.25, 0.3) is 112 Å². The number of amides is 4. The van der Waals surface area contributed by atoms with Crippen molar-refractivity contribution >= 4 is 69.0 Å². The third-order valence-electron chi connectivity index (χ3n) is 23.3. The smallest absolute Gasteiger partial charge is 0.390 e. The fourth-order valence-electron chi connectivity index (χ4n) is 16.1. The quantitative estimate of drug-likeness (QED) is 0.0435. The van der Waals surface area contributed by atoms with Crippen molar-refractivity contribution in [3.8, 4) is 89.5 Å². The van der Waals surface area contributed by atoms with Gasteiger partial charge in [0.05, 0.1) is 105 Å². The molecule has 7 aromatic carbocycles. The van der Waals surface area contributed by atoms with E-state index in [1.165, 1.54) is 65.5 Å². The zero-order valence-electron chi connectivity index (χ0n) is 76.4. The van der Waals surface area contributed by atoms with Gasteiger partial charge in [-0.05, 0) is 212 Å². The van der Waals surface area contributed by atoms with Gasteiger partial charge < -0.3 is 31.5 Å². The highest BCUT2D eigenvalue weighted by molar-refractivity contribution is 6.09. The molecule has 20 rings (SSSR count). The third-order valence-corrected chi connectivity index (χ3v) is 23.3. The second kappa shape index (κ2) is 40.8. The molecule has 0 aliphatic carbocycles. The molecule has 0 aliphatic rings.